The van der Waals surface area contributed by atoms with Crippen molar-refractivity contribution < 1.29 is 35.9 Å². The monoisotopic (exact) mass is 292 g/mol. The molecule has 3 fully saturated rings. The standard InChI is InChI=1S/C9H10F6N2O2/c10-8(11,12)4-17-2-5-1-7(3-17,16-5)19-6(18)9(13,14)15/h5,16H,1-4H2. The van der Waals surface area contributed by atoms with Crippen molar-refractivity contribution in [2.24, 2.45) is 0 Å². The van der Waals surface area contributed by atoms with E-state index in [2.05, 4.69) is 10.1 Å². The molecule has 0 aromatic rings. The number of ether oxygens (including phenoxy) is 1. The van der Waals surface area contributed by atoms with Crippen molar-refractivity contribution in [3.63, 3.8) is 0 Å². The number of halogens is 6. The van der Waals surface area contributed by atoms with Gasteiger partial charge in [-0.15, -0.1) is 0 Å². The first-order valence-electron chi connectivity index (χ1n) is 5.36. The van der Waals surface area contributed by atoms with Crippen LogP contribution in [0, 0.1) is 0 Å². The Morgan fingerprint density at radius 2 is 1.89 bits per heavy atom. The SMILES string of the molecule is O=C(OC12CC(CN(CC(F)(F)F)C1)N2)C(F)(F)F. The topological polar surface area (TPSA) is 41.6 Å². The lowest BCUT2D eigenvalue weighted by atomic mass is 9.87. The molecule has 10 heteroatoms. The number of fused-ring (bicyclic) bond motifs is 2. The van der Waals surface area contributed by atoms with Crippen molar-refractivity contribution in [2.75, 3.05) is 19.6 Å². The summed E-state index contributed by atoms with van der Waals surface area (Å²) < 4.78 is 77.1. The highest BCUT2D eigenvalue weighted by molar-refractivity contribution is 5.76. The molecule has 3 rings (SSSR count). The van der Waals surface area contributed by atoms with Crippen molar-refractivity contribution >= 4 is 5.97 Å². The summed E-state index contributed by atoms with van der Waals surface area (Å²) in [5.74, 6) is -2.40. The molecular formula is C9H10F6N2O2. The number of rotatable bonds is 2. The van der Waals surface area contributed by atoms with Gasteiger partial charge in [-0.3, -0.25) is 10.2 Å². The number of alkyl halides is 6. The van der Waals surface area contributed by atoms with E-state index in [0.29, 0.717) is 0 Å². The molecule has 3 aliphatic rings. The number of nitrogens with zero attached hydrogens (tertiary/aromatic N) is 1. The van der Waals surface area contributed by atoms with Gasteiger partial charge >= 0.3 is 18.3 Å². The molecule has 110 valence electrons. The van der Waals surface area contributed by atoms with Gasteiger partial charge in [-0.25, -0.2) is 4.79 Å². The van der Waals surface area contributed by atoms with Crippen LogP contribution in [0.2, 0.25) is 0 Å². The summed E-state index contributed by atoms with van der Waals surface area (Å²) in [5, 5.41) is 2.56. The maximum Gasteiger partial charge on any atom is 0.490 e. The molecule has 0 aromatic heterocycles. The molecule has 1 N–H and O–H groups in total. The lowest BCUT2D eigenvalue weighted by Crippen LogP contribution is -2.77. The Hall–Kier alpha value is -1.03. The summed E-state index contributed by atoms with van der Waals surface area (Å²) in [7, 11) is 0. The zero-order valence-electron chi connectivity index (χ0n) is 9.44. The Bertz CT molecular complexity index is 374. The Morgan fingerprint density at radius 1 is 1.32 bits per heavy atom. The highest BCUT2D eigenvalue weighted by Crippen LogP contribution is 2.35. The second-order valence-electron chi connectivity index (χ2n) is 4.71. The van der Waals surface area contributed by atoms with E-state index < -0.39 is 43.2 Å². The highest BCUT2D eigenvalue weighted by atomic mass is 19.4. The molecule has 3 saturated heterocycles. The van der Waals surface area contributed by atoms with Gasteiger partial charge < -0.3 is 4.74 Å². The lowest BCUT2D eigenvalue weighted by molar-refractivity contribution is -0.244. The van der Waals surface area contributed by atoms with Gasteiger partial charge in [0.2, 0.25) is 0 Å². The zero-order valence-corrected chi connectivity index (χ0v) is 9.44. The van der Waals surface area contributed by atoms with Crippen molar-refractivity contribution in [1.29, 1.82) is 0 Å². The smallest absolute Gasteiger partial charge is 0.436 e. The largest absolute Gasteiger partial charge is 0.490 e. The summed E-state index contributed by atoms with van der Waals surface area (Å²) in [6.07, 6.45) is -9.52. The third-order valence-corrected chi connectivity index (χ3v) is 2.92. The molecule has 0 aliphatic carbocycles. The fourth-order valence-electron chi connectivity index (χ4n) is 2.42. The van der Waals surface area contributed by atoms with E-state index in [1.807, 2.05) is 0 Å². The number of nitrogens with one attached hydrogen (secondary N) is 1. The normalized spacial score (nSPS) is 31.8. The van der Waals surface area contributed by atoms with E-state index in [1.54, 1.807) is 0 Å². The fraction of sp³-hybridized carbons (Fsp3) is 0.889. The van der Waals surface area contributed by atoms with Gasteiger partial charge in [0.1, 0.15) is 0 Å². The molecule has 2 bridgehead atoms. The molecule has 2 unspecified atom stereocenters. The minimum Gasteiger partial charge on any atom is -0.436 e. The molecule has 0 radical (unpaired) electrons. The quantitative estimate of drug-likeness (QED) is 0.610. The highest BCUT2D eigenvalue weighted by Gasteiger charge is 2.56. The molecule has 4 nitrogen and oxygen atoms in total. The molecule has 0 aromatic carbocycles. The average Bonchev–Trinajstić information content (AvgIpc) is 2.10. The minimum absolute atomic E-state index is 0.0603. The summed E-state index contributed by atoms with van der Waals surface area (Å²) in [6.45, 7) is -1.59. The van der Waals surface area contributed by atoms with Crippen LogP contribution in [-0.4, -0.2) is 54.6 Å². The van der Waals surface area contributed by atoms with Gasteiger partial charge in [0, 0.05) is 19.0 Å². The molecule has 3 heterocycles. The summed E-state index contributed by atoms with van der Waals surface area (Å²) in [4.78, 5) is 11.7. The van der Waals surface area contributed by atoms with Crippen molar-refractivity contribution in [1.82, 2.24) is 10.2 Å². The molecular weight excluding hydrogens is 282 g/mol. The number of hydrogen-bond donors (Lipinski definition) is 1. The number of piperazine rings is 1. The van der Waals surface area contributed by atoms with Gasteiger partial charge in [-0.2, -0.15) is 26.3 Å². The number of piperidine rings is 1. The molecule has 0 saturated carbocycles. The van der Waals surface area contributed by atoms with Crippen LogP contribution in [0.3, 0.4) is 0 Å². The number of carbonyl (C=O) groups is 1. The first-order chi connectivity index (χ1) is 8.49. The number of hydrogen-bond acceptors (Lipinski definition) is 4. The van der Waals surface area contributed by atoms with Crippen LogP contribution in [-0.2, 0) is 9.53 Å². The Labute approximate surface area is 103 Å². The molecule has 2 atom stereocenters. The van der Waals surface area contributed by atoms with Gasteiger partial charge in [0.05, 0.1) is 13.1 Å². The fourth-order valence-corrected chi connectivity index (χ4v) is 2.42. The van der Waals surface area contributed by atoms with Crippen molar-refractivity contribution in [3.05, 3.63) is 0 Å². The Kier molecular flexibility index (Phi) is 3.21. The van der Waals surface area contributed by atoms with E-state index in [-0.39, 0.29) is 13.0 Å². The number of carbonyl (C=O) groups excluding carboxylic acids is 1. The van der Waals surface area contributed by atoms with E-state index in [4.69, 9.17) is 0 Å². The zero-order chi connectivity index (χ0) is 14.5. The second kappa shape index (κ2) is 4.23. The summed E-state index contributed by atoms with van der Waals surface area (Å²) in [6, 6.07) is -0.392. The number of esters is 1. The predicted molar refractivity (Wildman–Crippen MR) is 48.9 cm³/mol. The third-order valence-electron chi connectivity index (χ3n) is 2.92. The summed E-state index contributed by atoms with van der Waals surface area (Å²) in [5.41, 5.74) is -1.65. The molecule has 19 heavy (non-hydrogen) atoms. The second-order valence-corrected chi connectivity index (χ2v) is 4.71. The van der Waals surface area contributed by atoms with Crippen LogP contribution in [0.1, 0.15) is 6.42 Å². The maximum absolute atomic E-state index is 12.2. The van der Waals surface area contributed by atoms with Crippen LogP contribution >= 0.6 is 0 Å². The van der Waals surface area contributed by atoms with E-state index in [0.717, 1.165) is 4.90 Å². The van der Waals surface area contributed by atoms with Crippen LogP contribution in [0.15, 0.2) is 0 Å². The Balaban J connectivity index is 1.96. The predicted octanol–water partition coefficient (Wildman–Crippen LogP) is 1.03. The van der Waals surface area contributed by atoms with Gasteiger partial charge in [0.15, 0.2) is 5.72 Å². The molecule has 3 aliphatic heterocycles. The third kappa shape index (κ3) is 3.30. The van der Waals surface area contributed by atoms with E-state index in [9.17, 15) is 31.1 Å². The molecule has 0 amide bonds. The van der Waals surface area contributed by atoms with E-state index >= 15 is 0 Å². The van der Waals surface area contributed by atoms with Crippen LogP contribution in [0.4, 0.5) is 26.3 Å². The lowest BCUT2D eigenvalue weighted by Gasteiger charge is -2.55. The molecule has 0 spiro atoms. The van der Waals surface area contributed by atoms with Gasteiger partial charge in [-0.05, 0) is 0 Å². The Morgan fingerprint density at radius 3 is 2.37 bits per heavy atom. The van der Waals surface area contributed by atoms with Crippen LogP contribution < -0.4 is 5.32 Å². The van der Waals surface area contributed by atoms with Crippen LogP contribution in [0.25, 0.3) is 0 Å². The van der Waals surface area contributed by atoms with Gasteiger partial charge in [0.25, 0.3) is 0 Å². The van der Waals surface area contributed by atoms with E-state index in [1.165, 1.54) is 0 Å². The first kappa shape index (κ1) is 14.4. The minimum atomic E-state index is -5.16. The van der Waals surface area contributed by atoms with Crippen molar-refractivity contribution in [3.8, 4) is 0 Å². The average molecular weight is 292 g/mol. The maximum atomic E-state index is 12.2. The van der Waals surface area contributed by atoms with Gasteiger partial charge in [-0.1, -0.05) is 0 Å². The van der Waals surface area contributed by atoms with Crippen molar-refractivity contribution in [2.45, 2.75) is 30.5 Å². The summed E-state index contributed by atoms with van der Waals surface area (Å²) >= 11 is 0. The van der Waals surface area contributed by atoms with Crippen LogP contribution in [0.5, 0.6) is 0 Å². The first-order valence-corrected chi connectivity index (χ1v) is 5.36.